The fraction of sp³-hybridized carbons (Fsp3) is 0.929. The molecule has 0 radical (unpaired) electrons. The summed E-state index contributed by atoms with van der Waals surface area (Å²) in [6.45, 7) is 6.51. The molecule has 3 N–H and O–H groups in total. The van der Waals surface area contributed by atoms with Gasteiger partial charge in [-0.1, -0.05) is 258 Å². The Bertz CT molecular complexity index is 939. The van der Waals surface area contributed by atoms with Crippen molar-refractivity contribution >= 4 is 11.9 Å². The molecule has 0 aliphatic rings. The maximum absolute atomic E-state index is 13.2. The van der Waals surface area contributed by atoms with Crippen molar-refractivity contribution in [3.63, 3.8) is 0 Å². The predicted molar refractivity (Wildman–Crippen MR) is 269 cm³/mol. The molecule has 6 heteroatoms. The Morgan fingerprint density at radius 1 is 0.452 bits per heavy atom. The van der Waals surface area contributed by atoms with Crippen LogP contribution in [0.3, 0.4) is 0 Å². The molecule has 0 saturated carbocycles. The van der Waals surface area contributed by atoms with Crippen LogP contribution in [-0.4, -0.2) is 46.9 Å². The van der Waals surface area contributed by atoms with Gasteiger partial charge in [-0.05, 0) is 51.4 Å². The number of esters is 1. The first-order valence-electron chi connectivity index (χ1n) is 27.9. The lowest BCUT2D eigenvalue weighted by atomic mass is 10.0. The van der Waals surface area contributed by atoms with E-state index in [9.17, 15) is 19.8 Å². The summed E-state index contributed by atoms with van der Waals surface area (Å²) in [6, 6.07) is -0.700. The Morgan fingerprint density at radius 2 is 0.774 bits per heavy atom. The van der Waals surface area contributed by atoms with Crippen molar-refractivity contribution in [2.24, 2.45) is 0 Å². The number of carbonyl (C=O) groups excluding carboxylic acids is 2. The molecule has 368 valence electrons. The van der Waals surface area contributed by atoms with Gasteiger partial charge in [-0.3, -0.25) is 9.59 Å². The summed E-state index contributed by atoms with van der Waals surface area (Å²) in [6.07, 6.45) is 57.0. The number of carbonyl (C=O) groups is 2. The first-order chi connectivity index (χ1) is 30.5. The number of allylic oxidation sites excluding steroid dienone is 2. The lowest BCUT2D eigenvalue weighted by Crippen LogP contribution is -2.46. The molecule has 6 nitrogen and oxygen atoms in total. The SMILES string of the molecule is CCCCCCCCCCC/C=C/CCCCCC(CC(=O)NC(CO)C(O)CCCCCCCCCCCCCCCCCC)OC(=O)CCCCCCCCCCCCC. The van der Waals surface area contributed by atoms with E-state index in [1.54, 1.807) is 0 Å². The smallest absolute Gasteiger partial charge is 0.306 e. The van der Waals surface area contributed by atoms with E-state index in [0.29, 0.717) is 19.3 Å². The van der Waals surface area contributed by atoms with Gasteiger partial charge in [0.25, 0.3) is 0 Å². The van der Waals surface area contributed by atoms with Gasteiger partial charge in [0.2, 0.25) is 5.91 Å². The van der Waals surface area contributed by atoms with Gasteiger partial charge < -0.3 is 20.3 Å². The zero-order valence-corrected chi connectivity index (χ0v) is 42.0. The third-order valence-corrected chi connectivity index (χ3v) is 13.1. The van der Waals surface area contributed by atoms with Crippen molar-refractivity contribution in [2.75, 3.05) is 6.61 Å². The van der Waals surface area contributed by atoms with E-state index in [4.69, 9.17) is 4.74 Å². The molecular weight excluding hydrogens is 767 g/mol. The molecule has 0 saturated heterocycles. The number of rotatable bonds is 51. The Kier molecular flexibility index (Phi) is 49.5. The number of aliphatic hydroxyl groups excluding tert-OH is 2. The molecule has 0 fully saturated rings. The second-order valence-electron chi connectivity index (χ2n) is 19.3. The monoisotopic (exact) mass is 876 g/mol. The Hall–Kier alpha value is -1.40. The quantitative estimate of drug-likeness (QED) is 0.0321. The number of ether oxygens (including phenoxy) is 1. The van der Waals surface area contributed by atoms with Gasteiger partial charge in [-0.15, -0.1) is 0 Å². The number of nitrogens with one attached hydrogen (secondary N) is 1. The summed E-state index contributed by atoms with van der Waals surface area (Å²) in [5, 5.41) is 23.8. The zero-order chi connectivity index (χ0) is 45.2. The van der Waals surface area contributed by atoms with E-state index in [1.807, 2.05) is 0 Å². The molecule has 62 heavy (non-hydrogen) atoms. The standard InChI is InChI=1S/C56H109NO5/c1-4-7-10-13-16-19-22-24-26-28-30-33-35-38-41-44-47-52(62-56(61)49-46-43-40-37-32-21-18-15-12-9-6-3)50-55(60)57-53(51-58)54(59)48-45-42-39-36-34-31-29-27-25-23-20-17-14-11-8-5-2/h30,33,52-54,58-59H,4-29,31-32,34-51H2,1-3H3,(H,57,60)/b33-30+. The second kappa shape index (κ2) is 50.6. The Morgan fingerprint density at radius 3 is 1.16 bits per heavy atom. The highest BCUT2D eigenvalue weighted by Gasteiger charge is 2.24. The van der Waals surface area contributed by atoms with Crippen molar-refractivity contribution in [2.45, 2.75) is 328 Å². The van der Waals surface area contributed by atoms with Crippen LogP contribution in [-0.2, 0) is 14.3 Å². The normalized spacial score (nSPS) is 13.2. The molecule has 0 bridgehead atoms. The minimum Gasteiger partial charge on any atom is -0.462 e. The molecule has 3 unspecified atom stereocenters. The van der Waals surface area contributed by atoms with Crippen molar-refractivity contribution in [3.05, 3.63) is 12.2 Å². The van der Waals surface area contributed by atoms with Crippen LogP contribution >= 0.6 is 0 Å². The number of aliphatic hydroxyl groups is 2. The van der Waals surface area contributed by atoms with Gasteiger partial charge in [0.05, 0.1) is 25.2 Å². The maximum atomic E-state index is 13.2. The Balaban J connectivity index is 4.50. The Labute approximate surface area is 387 Å². The van der Waals surface area contributed by atoms with Crippen LogP contribution in [0.5, 0.6) is 0 Å². The van der Waals surface area contributed by atoms with Gasteiger partial charge in [-0.2, -0.15) is 0 Å². The number of unbranched alkanes of at least 4 members (excludes halogenated alkanes) is 37. The fourth-order valence-electron chi connectivity index (χ4n) is 8.84. The van der Waals surface area contributed by atoms with Crippen molar-refractivity contribution in [3.8, 4) is 0 Å². The molecule has 1 amide bonds. The van der Waals surface area contributed by atoms with Crippen LogP contribution < -0.4 is 5.32 Å². The van der Waals surface area contributed by atoms with Crippen LogP contribution in [0, 0.1) is 0 Å². The molecule has 0 rings (SSSR count). The van der Waals surface area contributed by atoms with Crippen molar-refractivity contribution < 1.29 is 24.5 Å². The van der Waals surface area contributed by atoms with Crippen molar-refractivity contribution in [1.29, 1.82) is 0 Å². The van der Waals surface area contributed by atoms with E-state index < -0.39 is 18.2 Å². The summed E-state index contributed by atoms with van der Waals surface area (Å²) in [4.78, 5) is 26.2. The summed E-state index contributed by atoms with van der Waals surface area (Å²) in [7, 11) is 0. The molecule has 0 aliphatic heterocycles. The molecule has 0 heterocycles. The highest BCUT2D eigenvalue weighted by molar-refractivity contribution is 5.77. The van der Waals surface area contributed by atoms with Crippen LogP contribution in [0.15, 0.2) is 12.2 Å². The zero-order valence-electron chi connectivity index (χ0n) is 42.0. The number of amides is 1. The molecule has 0 aromatic carbocycles. The van der Waals surface area contributed by atoms with Gasteiger partial charge >= 0.3 is 5.97 Å². The van der Waals surface area contributed by atoms with Gasteiger partial charge in [0.15, 0.2) is 0 Å². The van der Waals surface area contributed by atoms with Gasteiger partial charge in [-0.25, -0.2) is 0 Å². The first kappa shape index (κ1) is 60.6. The molecular formula is C56H109NO5. The van der Waals surface area contributed by atoms with Crippen molar-refractivity contribution in [1.82, 2.24) is 5.32 Å². The van der Waals surface area contributed by atoms with E-state index in [-0.39, 0.29) is 24.9 Å². The van der Waals surface area contributed by atoms with Gasteiger partial charge in [0.1, 0.15) is 6.10 Å². The van der Waals surface area contributed by atoms with Crippen LogP contribution in [0.1, 0.15) is 310 Å². The molecule has 0 aromatic rings. The summed E-state index contributed by atoms with van der Waals surface area (Å²) < 4.78 is 5.94. The van der Waals surface area contributed by atoms with Crippen LogP contribution in [0.25, 0.3) is 0 Å². The van der Waals surface area contributed by atoms with Gasteiger partial charge in [0, 0.05) is 6.42 Å². The highest BCUT2D eigenvalue weighted by atomic mass is 16.5. The van der Waals surface area contributed by atoms with E-state index in [0.717, 1.165) is 57.8 Å². The minimum absolute atomic E-state index is 0.0743. The fourth-order valence-corrected chi connectivity index (χ4v) is 8.84. The lowest BCUT2D eigenvalue weighted by molar-refractivity contribution is -0.151. The first-order valence-corrected chi connectivity index (χ1v) is 27.9. The summed E-state index contributed by atoms with van der Waals surface area (Å²) in [5.41, 5.74) is 0. The molecule has 0 aliphatic carbocycles. The molecule has 3 atom stereocenters. The van der Waals surface area contributed by atoms with Crippen LogP contribution in [0.4, 0.5) is 0 Å². The van der Waals surface area contributed by atoms with E-state index in [1.165, 1.54) is 205 Å². The predicted octanol–water partition coefficient (Wildman–Crippen LogP) is 16.9. The number of hydrogen-bond acceptors (Lipinski definition) is 5. The summed E-state index contributed by atoms with van der Waals surface area (Å²) in [5.74, 6) is -0.470. The maximum Gasteiger partial charge on any atom is 0.306 e. The second-order valence-corrected chi connectivity index (χ2v) is 19.3. The van der Waals surface area contributed by atoms with E-state index >= 15 is 0 Å². The number of hydrogen-bond donors (Lipinski definition) is 3. The topological polar surface area (TPSA) is 95.9 Å². The molecule has 0 aromatic heterocycles. The minimum atomic E-state index is -0.786. The van der Waals surface area contributed by atoms with Crippen LogP contribution in [0.2, 0.25) is 0 Å². The average molecular weight is 876 g/mol. The van der Waals surface area contributed by atoms with E-state index in [2.05, 4.69) is 38.2 Å². The third-order valence-electron chi connectivity index (χ3n) is 13.1. The summed E-state index contributed by atoms with van der Waals surface area (Å²) >= 11 is 0. The third kappa shape index (κ3) is 45.2. The largest absolute Gasteiger partial charge is 0.462 e. The highest BCUT2D eigenvalue weighted by Crippen LogP contribution is 2.18. The lowest BCUT2D eigenvalue weighted by Gasteiger charge is -2.24. The average Bonchev–Trinajstić information content (AvgIpc) is 3.26. The molecule has 0 spiro atoms.